The number of ether oxygens (including phenoxy) is 1. The van der Waals surface area contributed by atoms with Gasteiger partial charge in [0, 0.05) is 32.8 Å². The Morgan fingerprint density at radius 3 is 2.19 bits per heavy atom. The second-order valence-electron chi connectivity index (χ2n) is 4.87. The van der Waals surface area contributed by atoms with Crippen LogP contribution in [0.15, 0.2) is 6.07 Å². The van der Waals surface area contributed by atoms with Gasteiger partial charge in [0.1, 0.15) is 18.2 Å². The van der Waals surface area contributed by atoms with Gasteiger partial charge in [-0.05, 0) is 19.5 Å². The minimum absolute atomic E-state index is 0.423. The van der Waals surface area contributed by atoms with E-state index in [1.54, 1.807) is 7.11 Å². The summed E-state index contributed by atoms with van der Waals surface area (Å²) in [6.07, 6.45) is 1.06. The average Bonchev–Trinajstić information content (AvgIpc) is 2.50. The van der Waals surface area contributed by atoms with Crippen molar-refractivity contribution in [1.29, 1.82) is 0 Å². The molecule has 120 valence electrons. The molecule has 1 aromatic heterocycles. The Bertz CT molecular complexity index is 396. The fourth-order valence-corrected chi connectivity index (χ4v) is 2.01. The highest BCUT2D eigenvalue weighted by Crippen LogP contribution is 2.12. The SMILES string of the molecule is CCCNc1cc(NCCN(CC)CC)nc(COC)n1. The molecule has 0 aliphatic rings. The van der Waals surface area contributed by atoms with E-state index in [9.17, 15) is 0 Å². The number of likely N-dealkylation sites (N-methyl/N-ethyl adjacent to an activating group) is 1. The van der Waals surface area contributed by atoms with E-state index in [4.69, 9.17) is 4.74 Å². The summed E-state index contributed by atoms with van der Waals surface area (Å²) in [4.78, 5) is 11.3. The highest BCUT2D eigenvalue weighted by atomic mass is 16.5. The molecule has 6 nitrogen and oxygen atoms in total. The summed E-state index contributed by atoms with van der Waals surface area (Å²) in [5.74, 6) is 2.40. The zero-order valence-electron chi connectivity index (χ0n) is 13.8. The van der Waals surface area contributed by atoms with E-state index in [0.29, 0.717) is 12.4 Å². The third-order valence-electron chi connectivity index (χ3n) is 3.23. The minimum Gasteiger partial charge on any atom is -0.377 e. The van der Waals surface area contributed by atoms with Crippen molar-refractivity contribution in [3.63, 3.8) is 0 Å². The van der Waals surface area contributed by atoms with Crippen molar-refractivity contribution < 1.29 is 4.74 Å². The van der Waals surface area contributed by atoms with Crippen molar-refractivity contribution in [1.82, 2.24) is 14.9 Å². The second-order valence-corrected chi connectivity index (χ2v) is 4.87. The largest absolute Gasteiger partial charge is 0.377 e. The van der Waals surface area contributed by atoms with Crippen molar-refractivity contribution in [2.24, 2.45) is 0 Å². The summed E-state index contributed by atoms with van der Waals surface area (Å²) < 4.78 is 5.13. The van der Waals surface area contributed by atoms with Gasteiger partial charge >= 0.3 is 0 Å². The average molecular weight is 295 g/mol. The molecule has 0 bridgehead atoms. The zero-order valence-corrected chi connectivity index (χ0v) is 13.8. The third kappa shape index (κ3) is 6.73. The third-order valence-corrected chi connectivity index (χ3v) is 3.23. The number of methoxy groups -OCH3 is 1. The summed E-state index contributed by atoms with van der Waals surface area (Å²) in [5, 5.41) is 6.67. The molecule has 0 aromatic carbocycles. The van der Waals surface area contributed by atoms with Crippen LogP contribution in [0.1, 0.15) is 33.0 Å². The van der Waals surface area contributed by atoms with Gasteiger partial charge < -0.3 is 20.3 Å². The van der Waals surface area contributed by atoms with Crippen molar-refractivity contribution in [2.75, 3.05) is 50.5 Å². The number of nitrogens with zero attached hydrogens (tertiary/aromatic N) is 3. The molecule has 6 heteroatoms. The predicted molar refractivity (Wildman–Crippen MR) is 87.8 cm³/mol. The lowest BCUT2D eigenvalue weighted by atomic mass is 10.4. The van der Waals surface area contributed by atoms with E-state index in [0.717, 1.165) is 50.8 Å². The van der Waals surface area contributed by atoms with Gasteiger partial charge in [-0.25, -0.2) is 9.97 Å². The van der Waals surface area contributed by atoms with Gasteiger partial charge in [-0.2, -0.15) is 0 Å². The van der Waals surface area contributed by atoms with Crippen molar-refractivity contribution in [3.05, 3.63) is 11.9 Å². The van der Waals surface area contributed by atoms with Crippen molar-refractivity contribution >= 4 is 11.6 Å². The minimum atomic E-state index is 0.423. The first kappa shape index (κ1) is 17.7. The molecule has 0 spiro atoms. The molecule has 0 atom stereocenters. The van der Waals surface area contributed by atoms with E-state index in [2.05, 4.69) is 46.3 Å². The Balaban J connectivity index is 2.63. The molecule has 0 saturated carbocycles. The summed E-state index contributed by atoms with van der Waals surface area (Å²) >= 11 is 0. The summed E-state index contributed by atoms with van der Waals surface area (Å²) in [6, 6.07) is 1.96. The fourth-order valence-electron chi connectivity index (χ4n) is 2.01. The van der Waals surface area contributed by atoms with Crippen LogP contribution < -0.4 is 10.6 Å². The van der Waals surface area contributed by atoms with Crippen LogP contribution in [0, 0.1) is 0 Å². The van der Waals surface area contributed by atoms with Gasteiger partial charge in [0.25, 0.3) is 0 Å². The lowest BCUT2D eigenvalue weighted by Gasteiger charge is -2.18. The standard InChI is InChI=1S/C15H29N5O/c1-5-8-16-13-11-14(19-15(18-13)12-21-4)17-9-10-20(6-2)7-3/h11H,5-10,12H2,1-4H3,(H2,16,17,18,19). The molecular weight excluding hydrogens is 266 g/mol. The maximum absolute atomic E-state index is 5.13. The van der Waals surface area contributed by atoms with Crippen LogP contribution in [0.5, 0.6) is 0 Å². The van der Waals surface area contributed by atoms with E-state index >= 15 is 0 Å². The van der Waals surface area contributed by atoms with Gasteiger partial charge in [-0.3, -0.25) is 0 Å². The van der Waals surface area contributed by atoms with Crippen molar-refractivity contribution in [2.45, 2.75) is 33.8 Å². The van der Waals surface area contributed by atoms with Crippen LogP contribution >= 0.6 is 0 Å². The van der Waals surface area contributed by atoms with Gasteiger partial charge in [0.05, 0.1) is 0 Å². The lowest BCUT2D eigenvalue weighted by Crippen LogP contribution is -2.28. The first-order valence-corrected chi connectivity index (χ1v) is 7.80. The predicted octanol–water partition coefficient (Wildman–Crippen LogP) is 2.20. The molecule has 2 N–H and O–H groups in total. The van der Waals surface area contributed by atoms with Crippen LogP contribution in [0.4, 0.5) is 11.6 Å². The second kappa shape index (κ2) is 10.3. The number of hydrogen-bond donors (Lipinski definition) is 2. The molecule has 0 amide bonds. The van der Waals surface area contributed by atoms with Gasteiger partial charge in [0.15, 0.2) is 5.82 Å². The Kier molecular flexibility index (Phi) is 8.69. The quantitative estimate of drug-likeness (QED) is 0.652. The van der Waals surface area contributed by atoms with Crippen LogP contribution in [0.25, 0.3) is 0 Å². The maximum Gasteiger partial charge on any atom is 0.158 e. The van der Waals surface area contributed by atoms with E-state index < -0.39 is 0 Å². The van der Waals surface area contributed by atoms with Crippen LogP contribution in [-0.4, -0.2) is 54.7 Å². The van der Waals surface area contributed by atoms with Crippen LogP contribution in [-0.2, 0) is 11.3 Å². The molecule has 1 heterocycles. The molecule has 0 radical (unpaired) electrons. The maximum atomic E-state index is 5.13. The Morgan fingerprint density at radius 2 is 1.67 bits per heavy atom. The van der Waals surface area contributed by atoms with Crippen LogP contribution in [0.2, 0.25) is 0 Å². The Hall–Kier alpha value is -1.40. The number of rotatable bonds is 11. The summed E-state index contributed by atoms with van der Waals surface area (Å²) in [5.41, 5.74) is 0. The normalized spacial score (nSPS) is 10.9. The molecule has 21 heavy (non-hydrogen) atoms. The summed E-state index contributed by atoms with van der Waals surface area (Å²) in [7, 11) is 1.66. The lowest BCUT2D eigenvalue weighted by molar-refractivity contribution is 0.178. The zero-order chi connectivity index (χ0) is 15.5. The fraction of sp³-hybridized carbons (Fsp3) is 0.733. The highest BCUT2D eigenvalue weighted by Gasteiger charge is 2.05. The molecular formula is C15H29N5O. The molecule has 0 aliphatic carbocycles. The van der Waals surface area contributed by atoms with Gasteiger partial charge in [-0.15, -0.1) is 0 Å². The number of hydrogen-bond acceptors (Lipinski definition) is 6. The van der Waals surface area contributed by atoms with Crippen molar-refractivity contribution in [3.8, 4) is 0 Å². The van der Waals surface area contributed by atoms with Gasteiger partial charge in [-0.1, -0.05) is 20.8 Å². The molecule has 0 saturated heterocycles. The molecule has 1 aromatic rings. The van der Waals surface area contributed by atoms with E-state index in [-0.39, 0.29) is 0 Å². The molecule has 0 unspecified atom stereocenters. The number of anilines is 2. The molecule has 0 aliphatic heterocycles. The summed E-state index contributed by atoms with van der Waals surface area (Å²) in [6.45, 7) is 11.8. The monoisotopic (exact) mass is 295 g/mol. The van der Waals surface area contributed by atoms with E-state index in [1.165, 1.54) is 0 Å². The number of aromatic nitrogens is 2. The van der Waals surface area contributed by atoms with E-state index in [1.807, 2.05) is 6.07 Å². The Labute approximate surface area is 128 Å². The highest BCUT2D eigenvalue weighted by molar-refractivity contribution is 5.47. The number of nitrogens with one attached hydrogen (secondary N) is 2. The van der Waals surface area contributed by atoms with Gasteiger partial charge in [0.2, 0.25) is 0 Å². The topological polar surface area (TPSA) is 62.3 Å². The molecule has 1 rings (SSSR count). The first-order chi connectivity index (χ1) is 10.2. The first-order valence-electron chi connectivity index (χ1n) is 7.80. The molecule has 0 fully saturated rings. The Morgan fingerprint density at radius 1 is 1.05 bits per heavy atom. The van der Waals surface area contributed by atoms with Crippen LogP contribution in [0.3, 0.4) is 0 Å². The smallest absolute Gasteiger partial charge is 0.158 e.